The van der Waals surface area contributed by atoms with E-state index in [1.54, 1.807) is 42.7 Å². The highest BCUT2D eigenvalue weighted by atomic mass is 19.1. The number of ether oxygens (including phenoxy) is 2. The lowest BCUT2D eigenvalue weighted by Crippen LogP contribution is -2.38. The number of carbonyl (C=O) groups excluding carboxylic acids is 1. The average Bonchev–Trinajstić information content (AvgIpc) is 3.34. The number of allylic oxidation sites excluding steroid dienone is 2. The van der Waals surface area contributed by atoms with Crippen LogP contribution >= 0.6 is 0 Å². The Morgan fingerprint density at radius 3 is 2.92 bits per heavy atom. The van der Waals surface area contributed by atoms with Gasteiger partial charge >= 0.3 is 0 Å². The smallest absolute Gasteiger partial charge is 0.287 e. The molecule has 4 rings (SSSR count). The Morgan fingerprint density at radius 2 is 2.10 bits per heavy atom. The molecule has 1 atom stereocenters. The lowest BCUT2D eigenvalue weighted by Gasteiger charge is -2.22. The lowest BCUT2D eigenvalue weighted by atomic mass is 10.1. The van der Waals surface area contributed by atoms with Gasteiger partial charge in [-0.1, -0.05) is 12.1 Å². The molecule has 2 aromatic rings. The molecule has 10 nitrogen and oxygen atoms in total. The van der Waals surface area contributed by atoms with E-state index in [4.69, 9.17) is 15.2 Å². The number of aromatic nitrogens is 1. The number of nitrogens with two attached hydrogens (primary N) is 1. The molecule has 0 bridgehead atoms. The van der Waals surface area contributed by atoms with Gasteiger partial charge in [-0.3, -0.25) is 9.79 Å². The number of carbonyl (C=O) groups is 1. The summed E-state index contributed by atoms with van der Waals surface area (Å²) >= 11 is 0. The molecule has 2 aliphatic rings. The van der Waals surface area contributed by atoms with Crippen LogP contribution in [0, 0.1) is 5.95 Å². The number of aliphatic hydroxyl groups excluding tert-OH is 1. The van der Waals surface area contributed by atoms with Gasteiger partial charge in [-0.15, -0.1) is 0 Å². The molecule has 11 heteroatoms. The van der Waals surface area contributed by atoms with Crippen molar-refractivity contribution in [1.82, 2.24) is 15.2 Å². The first-order chi connectivity index (χ1) is 19.0. The molecular weight excluding hydrogens is 503 g/mol. The second-order valence-electron chi connectivity index (χ2n) is 8.93. The third-order valence-electron chi connectivity index (χ3n) is 5.93. The maximum atomic E-state index is 13.3. The zero-order chi connectivity index (χ0) is 27.5. The summed E-state index contributed by atoms with van der Waals surface area (Å²) in [6.45, 7) is 1.50. The van der Waals surface area contributed by atoms with E-state index in [1.165, 1.54) is 23.2 Å². The number of benzene rings is 1. The minimum atomic E-state index is -0.639. The minimum Gasteiger partial charge on any atom is -0.502 e. The van der Waals surface area contributed by atoms with E-state index in [0.717, 1.165) is 18.4 Å². The summed E-state index contributed by atoms with van der Waals surface area (Å²) in [5.41, 5.74) is 7.80. The Labute approximate surface area is 226 Å². The predicted molar refractivity (Wildman–Crippen MR) is 146 cm³/mol. The van der Waals surface area contributed by atoms with Crippen molar-refractivity contribution >= 4 is 23.8 Å². The van der Waals surface area contributed by atoms with Gasteiger partial charge in [0.1, 0.15) is 5.75 Å². The van der Waals surface area contributed by atoms with Gasteiger partial charge in [-0.25, -0.2) is 4.99 Å². The van der Waals surface area contributed by atoms with E-state index in [9.17, 15) is 14.3 Å². The number of aliphatic hydroxyl groups is 1. The van der Waals surface area contributed by atoms with E-state index in [2.05, 4.69) is 20.3 Å². The van der Waals surface area contributed by atoms with Crippen LogP contribution in [-0.4, -0.2) is 58.9 Å². The Balaban J connectivity index is 1.50. The van der Waals surface area contributed by atoms with Crippen molar-refractivity contribution in [2.75, 3.05) is 19.8 Å². The Hall–Kier alpha value is -4.51. The van der Waals surface area contributed by atoms with Crippen molar-refractivity contribution in [2.24, 2.45) is 15.7 Å². The number of guanidine groups is 1. The van der Waals surface area contributed by atoms with Crippen LogP contribution in [0.5, 0.6) is 11.6 Å². The summed E-state index contributed by atoms with van der Waals surface area (Å²) in [4.78, 5) is 26.5. The number of halogens is 1. The largest absolute Gasteiger partial charge is 0.502 e. The molecule has 1 aromatic carbocycles. The van der Waals surface area contributed by atoms with E-state index >= 15 is 0 Å². The van der Waals surface area contributed by atoms with Gasteiger partial charge < -0.3 is 30.5 Å². The van der Waals surface area contributed by atoms with Gasteiger partial charge in [0.15, 0.2) is 5.76 Å². The van der Waals surface area contributed by atoms with Crippen molar-refractivity contribution in [1.29, 1.82) is 0 Å². The second-order valence-corrected chi connectivity index (χ2v) is 8.93. The summed E-state index contributed by atoms with van der Waals surface area (Å²) in [7, 11) is 0. The Morgan fingerprint density at radius 1 is 1.26 bits per heavy atom. The van der Waals surface area contributed by atoms with Crippen LogP contribution in [0.3, 0.4) is 0 Å². The minimum absolute atomic E-state index is 0.0590. The molecule has 39 heavy (non-hydrogen) atoms. The summed E-state index contributed by atoms with van der Waals surface area (Å²) in [5, 5.41) is 13.5. The fourth-order valence-corrected chi connectivity index (χ4v) is 3.93. The van der Waals surface area contributed by atoms with Crippen molar-refractivity contribution in [2.45, 2.75) is 31.7 Å². The van der Waals surface area contributed by atoms with Gasteiger partial charge in [-0.05, 0) is 67.7 Å². The van der Waals surface area contributed by atoms with Gasteiger partial charge in [0.05, 0.1) is 11.9 Å². The van der Waals surface area contributed by atoms with Crippen molar-refractivity contribution in [3.63, 3.8) is 0 Å². The molecule has 0 aliphatic carbocycles. The highest BCUT2D eigenvalue weighted by Crippen LogP contribution is 2.23. The molecule has 0 radical (unpaired) electrons. The molecule has 2 aliphatic heterocycles. The predicted octanol–water partition coefficient (Wildman–Crippen LogP) is 4.26. The fourth-order valence-electron chi connectivity index (χ4n) is 3.93. The summed E-state index contributed by atoms with van der Waals surface area (Å²) in [5.74, 6) is -1.09. The molecule has 1 fully saturated rings. The number of hydrogen-bond acceptors (Lipinski definition) is 7. The summed E-state index contributed by atoms with van der Waals surface area (Å²) in [6.07, 6.45) is 11.3. The standard InChI is InChI=1S/C28H31FN6O4/c29-25-6-1-7-26(34-25)39-23-10-8-22(9-11-23)33-28(30)35(18-20-4-2-14-31-15-12-20)19-24(36)27(37)32-21-5-3-16-38-17-13-21/h1-2,6-12,14-15,19,21,36H,3-5,13,16-18H2,(H2,30,33)(H,32,37)/b24-19-. The number of aliphatic imine (C=N–C) groups is 2. The first kappa shape index (κ1) is 27.5. The molecule has 3 heterocycles. The lowest BCUT2D eigenvalue weighted by molar-refractivity contribution is -0.120. The monoisotopic (exact) mass is 534 g/mol. The zero-order valence-electron chi connectivity index (χ0n) is 21.4. The number of hydrogen-bond donors (Lipinski definition) is 3. The molecule has 0 saturated carbocycles. The zero-order valence-corrected chi connectivity index (χ0v) is 21.4. The van der Waals surface area contributed by atoms with Crippen LogP contribution in [0.2, 0.25) is 0 Å². The third kappa shape index (κ3) is 8.78. The quantitative estimate of drug-likeness (QED) is 0.151. The highest BCUT2D eigenvalue weighted by Gasteiger charge is 2.19. The maximum absolute atomic E-state index is 13.3. The molecule has 1 saturated heterocycles. The van der Waals surface area contributed by atoms with Crippen LogP contribution in [-0.2, 0) is 9.53 Å². The van der Waals surface area contributed by atoms with E-state index in [1.807, 2.05) is 12.2 Å². The number of pyridine rings is 1. The highest BCUT2D eigenvalue weighted by molar-refractivity contribution is 5.92. The normalized spacial score (nSPS) is 18.1. The molecule has 1 aromatic heterocycles. The van der Waals surface area contributed by atoms with Gasteiger partial charge in [0.2, 0.25) is 17.8 Å². The number of nitrogens with one attached hydrogen (secondary N) is 1. The van der Waals surface area contributed by atoms with E-state index in [0.29, 0.717) is 37.5 Å². The van der Waals surface area contributed by atoms with Crippen LogP contribution in [0.4, 0.5) is 10.1 Å². The molecule has 0 spiro atoms. The summed E-state index contributed by atoms with van der Waals surface area (Å²) in [6, 6.07) is 10.8. The van der Waals surface area contributed by atoms with Crippen molar-refractivity contribution in [3.05, 3.63) is 84.3 Å². The number of nitrogens with zero attached hydrogens (tertiary/aromatic N) is 4. The van der Waals surface area contributed by atoms with Crippen molar-refractivity contribution in [3.8, 4) is 11.6 Å². The average molecular weight is 535 g/mol. The SMILES string of the molecule is NC(=Nc1ccc(Oc2cccc(F)n2)cc1)N(/C=C(\O)C(=O)NC1CCCOCC1)CC1=CC=NC=CC1. The Kier molecular flexibility index (Phi) is 9.79. The van der Waals surface area contributed by atoms with Crippen LogP contribution in [0.15, 0.2) is 88.3 Å². The van der Waals surface area contributed by atoms with Crippen LogP contribution in [0.1, 0.15) is 25.7 Å². The van der Waals surface area contributed by atoms with Crippen molar-refractivity contribution < 1.29 is 23.8 Å². The maximum Gasteiger partial charge on any atom is 0.287 e. The Bertz CT molecular complexity index is 1280. The van der Waals surface area contributed by atoms with E-state index < -0.39 is 17.6 Å². The molecule has 204 valence electrons. The number of rotatable bonds is 8. The fraction of sp³-hybridized carbons (Fsp3) is 0.286. The third-order valence-corrected chi connectivity index (χ3v) is 5.93. The van der Waals surface area contributed by atoms with Crippen LogP contribution in [0.25, 0.3) is 0 Å². The van der Waals surface area contributed by atoms with Gasteiger partial charge in [0.25, 0.3) is 5.91 Å². The molecule has 1 amide bonds. The molecule has 1 unspecified atom stereocenters. The first-order valence-corrected chi connectivity index (χ1v) is 12.6. The van der Waals surface area contributed by atoms with E-state index in [-0.39, 0.29) is 24.4 Å². The molecule has 4 N–H and O–H groups in total. The second kappa shape index (κ2) is 13.9. The number of amides is 1. The van der Waals surface area contributed by atoms with Gasteiger partial charge in [-0.2, -0.15) is 9.37 Å². The molecular formula is C28H31FN6O4. The summed E-state index contributed by atoms with van der Waals surface area (Å²) < 4.78 is 24.3. The van der Waals surface area contributed by atoms with Gasteiger partial charge in [0, 0.05) is 44.3 Å². The van der Waals surface area contributed by atoms with Crippen LogP contribution < -0.4 is 15.8 Å². The topological polar surface area (TPSA) is 135 Å². The first-order valence-electron chi connectivity index (χ1n) is 12.6.